The van der Waals surface area contributed by atoms with Gasteiger partial charge in [0.05, 0.1) is 18.8 Å². The van der Waals surface area contributed by atoms with Gasteiger partial charge in [-0.3, -0.25) is 9.69 Å². The van der Waals surface area contributed by atoms with Crippen LogP contribution in [0.2, 0.25) is 0 Å². The Morgan fingerprint density at radius 1 is 1.41 bits per heavy atom. The summed E-state index contributed by atoms with van der Waals surface area (Å²) < 4.78 is 6.18. The highest BCUT2D eigenvalue weighted by molar-refractivity contribution is 7.09. The molecule has 0 saturated carbocycles. The molecule has 0 bridgehead atoms. The van der Waals surface area contributed by atoms with Gasteiger partial charge in [-0.1, -0.05) is 19.9 Å². The Morgan fingerprint density at radius 3 is 3.00 bits per heavy atom. The zero-order chi connectivity index (χ0) is 15.6. The number of ether oxygens (including phenoxy) is 1. The van der Waals surface area contributed by atoms with Crippen LogP contribution in [0.15, 0.2) is 17.5 Å². The van der Waals surface area contributed by atoms with Crippen LogP contribution in [0.3, 0.4) is 0 Å². The molecular formula is C17H26N2O2S. The molecule has 22 heavy (non-hydrogen) atoms. The van der Waals surface area contributed by atoms with Gasteiger partial charge in [0.2, 0.25) is 5.91 Å². The van der Waals surface area contributed by atoms with Crippen molar-refractivity contribution in [3.8, 4) is 0 Å². The third-order valence-corrected chi connectivity index (χ3v) is 5.49. The predicted octanol–water partition coefficient (Wildman–Crippen LogP) is 2.60. The van der Waals surface area contributed by atoms with Gasteiger partial charge < -0.3 is 9.64 Å². The van der Waals surface area contributed by atoms with E-state index in [0.29, 0.717) is 0 Å². The fourth-order valence-corrected chi connectivity index (χ4v) is 4.33. The molecule has 1 atom stereocenters. The number of amides is 1. The predicted molar refractivity (Wildman–Crippen MR) is 88.9 cm³/mol. The van der Waals surface area contributed by atoms with Gasteiger partial charge in [0.1, 0.15) is 0 Å². The molecule has 122 valence electrons. The van der Waals surface area contributed by atoms with Crippen molar-refractivity contribution in [2.24, 2.45) is 5.92 Å². The molecule has 1 spiro atoms. The van der Waals surface area contributed by atoms with E-state index in [1.165, 1.54) is 4.88 Å². The average molecular weight is 322 g/mol. The summed E-state index contributed by atoms with van der Waals surface area (Å²) in [6.07, 6.45) is 2.11. The number of thiophene rings is 1. The second kappa shape index (κ2) is 6.69. The Bertz CT molecular complexity index is 499. The first-order valence-electron chi connectivity index (χ1n) is 8.25. The summed E-state index contributed by atoms with van der Waals surface area (Å²) in [5.74, 6) is 0.332. The van der Waals surface area contributed by atoms with E-state index in [1.54, 1.807) is 0 Å². The maximum atomic E-state index is 12.3. The molecule has 2 saturated heterocycles. The largest absolute Gasteiger partial charge is 0.370 e. The molecule has 0 aromatic carbocycles. The summed E-state index contributed by atoms with van der Waals surface area (Å²) in [6, 6.07) is 4.31. The molecule has 5 heteroatoms. The van der Waals surface area contributed by atoms with E-state index in [2.05, 4.69) is 22.4 Å². The van der Waals surface area contributed by atoms with Crippen LogP contribution in [-0.4, -0.2) is 54.1 Å². The molecule has 4 nitrogen and oxygen atoms in total. The molecule has 1 amide bonds. The lowest BCUT2D eigenvalue weighted by molar-refractivity contribution is -0.160. The molecule has 0 aliphatic carbocycles. The fourth-order valence-electron chi connectivity index (χ4n) is 3.58. The van der Waals surface area contributed by atoms with Crippen molar-refractivity contribution in [3.63, 3.8) is 0 Å². The molecule has 2 fully saturated rings. The highest BCUT2D eigenvalue weighted by atomic mass is 32.1. The lowest BCUT2D eigenvalue weighted by atomic mass is 9.90. The van der Waals surface area contributed by atoms with Crippen molar-refractivity contribution in [2.75, 3.05) is 32.8 Å². The Kier molecular flexibility index (Phi) is 4.85. The molecule has 1 aromatic rings. The fraction of sp³-hybridized carbons (Fsp3) is 0.706. The molecule has 2 aliphatic rings. The van der Waals surface area contributed by atoms with Gasteiger partial charge in [0.25, 0.3) is 0 Å². The summed E-state index contributed by atoms with van der Waals surface area (Å²) in [7, 11) is 0. The first-order chi connectivity index (χ1) is 10.6. The van der Waals surface area contributed by atoms with E-state index >= 15 is 0 Å². The molecule has 0 radical (unpaired) electrons. The van der Waals surface area contributed by atoms with E-state index in [4.69, 9.17) is 4.74 Å². The normalized spacial score (nSPS) is 26.8. The zero-order valence-corrected chi connectivity index (χ0v) is 14.4. The van der Waals surface area contributed by atoms with Crippen LogP contribution in [-0.2, 0) is 16.1 Å². The number of hydrogen-bond acceptors (Lipinski definition) is 4. The number of nitrogens with zero attached hydrogens (tertiary/aromatic N) is 2. The Morgan fingerprint density at radius 2 is 2.27 bits per heavy atom. The number of piperidine rings is 1. The van der Waals surface area contributed by atoms with Crippen LogP contribution in [0.1, 0.15) is 31.6 Å². The number of likely N-dealkylation sites (tertiary alicyclic amines) is 1. The van der Waals surface area contributed by atoms with Gasteiger partial charge in [0, 0.05) is 37.0 Å². The third kappa shape index (κ3) is 3.53. The van der Waals surface area contributed by atoms with E-state index in [-0.39, 0.29) is 17.4 Å². The monoisotopic (exact) mass is 322 g/mol. The van der Waals surface area contributed by atoms with Crippen molar-refractivity contribution < 1.29 is 9.53 Å². The summed E-state index contributed by atoms with van der Waals surface area (Å²) in [5.41, 5.74) is -0.154. The van der Waals surface area contributed by atoms with Gasteiger partial charge in [0.15, 0.2) is 0 Å². The first kappa shape index (κ1) is 16.0. The van der Waals surface area contributed by atoms with Crippen molar-refractivity contribution in [2.45, 2.75) is 38.8 Å². The summed E-state index contributed by atoms with van der Waals surface area (Å²) in [5, 5.41) is 2.13. The van der Waals surface area contributed by atoms with Crippen LogP contribution in [0.25, 0.3) is 0 Å². The first-order valence-corrected chi connectivity index (χ1v) is 9.13. The quantitative estimate of drug-likeness (QED) is 0.857. The smallest absolute Gasteiger partial charge is 0.225 e. The van der Waals surface area contributed by atoms with Gasteiger partial charge in [-0.15, -0.1) is 11.3 Å². The van der Waals surface area contributed by atoms with E-state index in [0.717, 1.165) is 52.2 Å². The maximum absolute atomic E-state index is 12.3. The minimum Gasteiger partial charge on any atom is -0.370 e. The highest BCUT2D eigenvalue weighted by Gasteiger charge is 2.41. The van der Waals surface area contributed by atoms with Crippen LogP contribution in [0.4, 0.5) is 0 Å². The summed E-state index contributed by atoms with van der Waals surface area (Å²) in [6.45, 7) is 9.29. The molecule has 1 aromatic heterocycles. The number of rotatable bonds is 3. The second-order valence-electron chi connectivity index (χ2n) is 6.84. The molecule has 3 rings (SSSR count). The molecular weight excluding hydrogens is 296 g/mol. The Labute approximate surface area is 137 Å². The topological polar surface area (TPSA) is 32.8 Å². The van der Waals surface area contributed by atoms with Gasteiger partial charge in [-0.05, 0) is 24.3 Å². The van der Waals surface area contributed by atoms with Crippen molar-refractivity contribution in [1.29, 1.82) is 0 Å². The average Bonchev–Trinajstić information content (AvgIpc) is 2.99. The minimum atomic E-state index is -0.154. The lowest BCUT2D eigenvalue weighted by Crippen LogP contribution is -2.60. The SMILES string of the molecule is CC(C)C(=O)N1CCC[C@@]2(CN(Cc3cccs3)CCO2)C1. The van der Waals surface area contributed by atoms with E-state index < -0.39 is 0 Å². The van der Waals surface area contributed by atoms with Crippen molar-refractivity contribution in [1.82, 2.24) is 9.80 Å². The highest BCUT2D eigenvalue weighted by Crippen LogP contribution is 2.30. The van der Waals surface area contributed by atoms with E-state index in [1.807, 2.05) is 30.1 Å². The third-order valence-electron chi connectivity index (χ3n) is 4.63. The Balaban J connectivity index is 1.65. The number of morpholine rings is 1. The second-order valence-corrected chi connectivity index (χ2v) is 7.87. The molecule has 3 heterocycles. The summed E-state index contributed by atoms with van der Waals surface area (Å²) >= 11 is 1.81. The number of carbonyl (C=O) groups excluding carboxylic acids is 1. The van der Waals surface area contributed by atoms with E-state index in [9.17, 15) is 4.79 Å². The van der Waals surface area contributed by atoms with Crippen LogP contribution in [0, 0.1) is 5.92 Å². The zero-order valence-electron chi connectivity index (χ0n) is 13.6. The molecule has 0 N–H and O–H groups in total. The van der Waals surface area contributed by atoms with Crippen LogP contribution < -0.4 is 0 Å². The maximum Gasteiger partial charge on any atom is 0.225 e. The molecule has 0 unspecified atom stereocenters. The number of hydrogen-bond donors (Lipinski definition) is 0. The van der Waals surface area contributed by atoms with Crippen molar-refractivity contribution >= 4 is 17.2 Å². The van der Waals surface area contributed by atoms with Gasteiger partial charge in [-0.2, -0.15) is 0 Å². The lowest BCUT2D eigenvalue weighted by Gasteiger charge is -2.48. The standard InChI is InChI=1S/C17H26N2O2S/c1-14(2)16(20)19-7-4-6-17(13-19)12-18(8-9-21-17)11-15-5-3-10-22-15/h3,5,10,14H,4,6-9,11-13H2,1-2H3/t17-/m1/s1. The minimum absolute atomic E-state index is 0.0703. The number of carbonyl (C=O) groups is 1. The Hall–Kier alpha value is -0.910. The van der Waals surface area contributed by atoms with Crippen molar-refractivity contribution in [3.05, 3.63) is 22.4 Å². The van der Waals surface area contributed by atoms with Gasteiger partial charge >= 0.3 is 0 Å². The van der Waals surface area contributed by atoms with Gasteiger partial charge in [-0.25, -0.2) is 0 Å². The van der Waals surface area contributed by atoms with Crippen LogP contribution >= 0.6 is 11.3 Å². The summed E-state index contributed by atoms with van der Waals surface area (Å²) in [4.78, 5) is 18.2. The molecule has 2 aliphatic heterocycles. The van der Waals surface area contributed by atoms with Crippen LogP contribution in [0.5, 0.6) is 0 Å².